The van der Waals surface area contributed by atoms with E-state index in [1.165, 1.54) is 0 Å². The van der Waals surface area contributed by atoms with Crippen LogP contribution in [0.2, 0.25) is 9.74 Å². The minimum atomic E-state index is -1.37. The molecule has 0 saturated heterocycles. The molecule has 0 spiro atoms. The first-order valence-electron chi connectivity index (χ1n) is 9.38. The van der Waals surface area contributed by atoms with Gasteiger partial charge in [0.05, 0.1) is 0 Å². The number of Topliss-reactive ketones (excluding diaryl/α,β-unsaturated/α-hetero) is 1. The number of ketones is 1. The Bertz CT molecular complexity index is 818. The van der Waals surface area contributed by atoms with Crippen molar-refractivity contribution in [2.24, 2.45) is 5.92 Å². The fourth-order valence-corrected chi connectivity index (χ4v) is 4.72. The molecule has 0 saturated carbocycles. The van der Waals surface area contributed by atoms with Gasteiger partial charge < -0.3 is 0 Å². The van der Waals surface area contributed by atoms with Gasteiger partial charge in [-0.2, -0.15) is 0 Å². The van der Waals surface area contributed by atoms with Crippen molar-refractivity contribution in [3.05, 3.63) is 59.2 Å². The Balaban J connectivity index is 2.20. The van der Waals surface area contributed by atoms with Gasteiger partial charge in [0.25, 0.3) is 0 Å². The number of rotatable bonds is 8. The van der Waals surface area contributed by atoms with Crippen LogP contribution in [0.5, 0.6) is 0 Å². The Hall–Kier alpha value is -1.80. The summed E-state index contributed by atoms with van der Waals surface area (Å²) in [6.07, 6.45) is 1.58. The van der Waals surface area contributed by atoms with E-state index in [0.717, 1.165) is 35.3 Å². The number of hydrogen-bond donors (Lipinski definition) is 2. The van der Waals surface area contributed by atoms with E-state index in [9.17, 15) is 9.59 Å². The second-order valence-electron chi connectivity index (χ2n) is 6.94. The molecule has 2 aromatic rings. The summed E-state index contributed by atoms with van der Waals surface area (Å²) in [6, 6.07) is 13.2. The molecule has 0 heterocycles. The van der Waals surface area contributed by atoms with Crippen LogP contribution in [0, 0.1) is 5.92 Å². The van der Waals surface area contributed by atoms with E-state index in [2.05, 4.69) is 18.5 Å². The first-order valence-corrected chi connectivity index (χ1v) is 15.8. The summed E-state index contributed by atoms with van der Waals surface area (Å²) in [4.78, 5) is 29.7. The number of carbonyl (C=O) groups is 2. The quantitative estimate of drug-likeness (QED) is 0.398. The zero-order valence-electron chi connectivity index (χ0n) is 16.8. The number of nitrogens with one attached hydrogen (secondary N) is 2. The van der Waals surface area contributed by atoms with Gasteiger partial charge in [-0.15, -0.1) is 0 Å². The van der Waals surface area contributed by atoms with E-state index >= 15 is 0 Å². The first-order chi connectivity index (χ1) is 12.8. The number of anilines is 2. The molecule has 0 aliphatic rings. The van der Waals surface area contributed by atoms with Crippen LogP contribution < -0.4 is 8.79 Å². The molecule has 0 bridgehead atoms. The van der Waals surface area contributed by atoms with Gasteiger partial charge >= 0.3 is 150 Å². The predicted octanol–water partition coefficient (Wildman–Crippen LogP) is 5.39. The molecule has 2 rings (SSSR count). The van der Waals surface area contributed by atoms with Crippen molar-refractivity contribution in [2.45, 2.75) is 43.4 Å². The van der Waals surface area contributed by atoms with Gasteiger partial charge in [-0.25, -0.2) is 0 Å². The van der Waals surface area contributed by atoms with Crippen LogP contribution in [0.25, 0.3) is 0 Å². The fraction of sp³-hybridized carbons (Fsp3) is 0.364. The summed E-state index contributed by atoms with van der Waals surface area (Å²) in [6.45, 7) is 6.01. The smallest absolute Gasteiger partial charge is 0.0647 e. The van der Waals surface area contributed by atoms with Crippen LogP contribution in [0.3, 0.4) is 0 Å². The molecule has 0 radical (unpaired) electrons. The van der Waals surface area contributed by atoms with E-state index in [4.69, 9.17) is 0 Å². The Labute approximate surface area is 170 Å². The fourth-order valence-electron chi connectivity index (χ4n) is 2.85. The van der Waals surface area contributed by atoms with Crippen LogP contribution in [0.1, 0.15) is 53.5 Å². The Morgan fingerprint density at radius 1 is 1.04 bits per heavy atom. The van der Waals surface area contributed by atoms with Crippen molar-refractivity contribution < 1.29 is 9.59 Å². The van der Waals surface area contributed by atoms with Gasteiger partial charge in [0.1, 0.15) is 0 Å². The summed E-state index contributed by atoms with van der Waals surface area (Å²) in [5.41, 5.74) is 4.08. The van der Waals surface area contributed by atoms with Crippen LogP contribution in [0.4, 0.5) is 11.4 Å². The molecule has 27 heavy (non-hydrogen) atoms. The normalized spacial score (nSPS) is 11.9. The summed E-state index contributed by atoms with van der Waals surface area (Å²) < 4.78 is 3.48. The van der Waals surface area contributed by atoms with Crippen LogP contribution >= 0.6 is 0 Å². The molecule has 1 atom stereocenters. The molecular weight excluding hydrogens is 446 g/mol. The molecule has 0 aliphatic heterocycles. The van der Waals surface area contributed by atoms with E-state index in [1.807, 2.05) is 63.2 Å². The maximum absolute atomic E-state index is 12.6. The third kappa shape index (κ3) is 5.84. The molecule has 2 N–H and O–H groups in total. The molecule has 0 fully saturated rings. The number of aryl methyl sites for hydroxylation is 1. The molecule has 4 nitrogen and oxygen atoms in total. The topological polar surface area (TPSA) is 58.2 Å². The zero-order chi connectivity index (χ0) is 20.0. The molecule has 0 aromatic heterocycles. The van der Waals surface area contributed by atoms with Gasteiger partial charge in [-0.1, -0.05) is 13.8 Å². The molecule has 5 heteroatoms. The van der Waals surface area contributed by atoms with Crippen molar-refractivity contribution in [1.29, 1.82) is 0 Å². The third-order valence-electron chi connectivity index (χ3n) is 4.55. The van der Waals surface area contributed by atoms with E-state index in [1.54, 1.807) is 0 Å². The summed E-state index contributed by atoms with van der Waals surface area (Å²) >= 11 is -1.37. The Morgan fingerprint density at radius 3 is 2.41 bits per heavy atom. The summed E-state index contributed by atoms with van der Waals surface area (Å²) in [5.74, 6) is 0.0410. The predicted molar refractivity (Wildman–Crippen MR) is 115 cm³/mol. The molecular formula is C22H29N2O2Sb. The van der Waals surface area contributed by atoms with Gasteiger partial charge in [0, 0.05) is 0 Å². The second-order valence-corrected chi connectivity index (χ2v) is 12.7. The van der Waals surface area contributed by atoms with Gasteiger partial charge in [0.2, 0.25) is 0 Å². The minimum Gasteiger partial charge on any atom is -0.0647 e. The molecule has 1 unspecified atom stereocenters. The second kappa shape index (κ2) is 9.94. The number of benzene rings is 2. The van der Waals surface area contributed by atoms with Crippen LogP contribution in [-0.2, 0) is 6.42 Å². The maximum atomic E-state index is 12.6. The standard InChI is InChI=1S/C20H23N2O2.2CH3.Sb/c1-4-13(3)19(23)18-10-9-17(12-14(18)5-2)22-20(24)15-7-6-8-16(21)11-15;;;/h6-13,21H,4-5H2,1-3H3,(H,22,23,24);2*1H3;/q-1;;;+1. The first kappa shape index (κ1) is 21.5. The van der Waals surface area contributed by atoms with Crippen molar-refractivity contribution >= 4 is 43.6 Å². The zero-order valence-corrected chi connectivity index (χ0v) is 19.3. The van der Waals surface area contributed by atoms with Crippen molar-refractivity contribution in [3.63, 3.8) is 0 Å². The third-order valence-corrected chi connectivity index (χ3v) is 6.56. The Morgan fingerprint density at radius 2 is 1.78 bits per heavy atom. The average molecular weight is 475 g/mol. The van der Waals surface area contributed by atoms with Crippen molar-refractivity contribution in [2.75, 3.05) is 8.79 Å². The number of carbonyl (C=O) groups excluding carboxylic acids is 2. The average Bonchev–Trinajstić information content (AvgIpc) is 2.66. The summed E-state index contributed by atoms with van der Waals surface area (Å²) in [7, 11) is 0. The van der Waals surface area contributed by atoms with E-state index in [0.29, 0.717) is 5.56 Å². The number of amides is 1. The monoisotopic (exact) mass is 474 g/mol. The molecule has 0 aliphatic carbocycles. The Kier molecular flexibility index (Phi) is 7.91. The molecule has 144 valence electrons. The van der Waals surface area contributed by atoms with E-state index < -0.39 is 20.5 Å². The van der Waals surface area contributed by atoms with E-state index in [-0.39, 0.29) is 17.6 Å². The van der Waals surface area contributed by atoms with Gasteiger partial charge in [-0.05, 0) is 6.42 Å². The molecule has 1 amide bonds. The van der Waals surface area contributed by atoms with Crippen molar-refractivity contribution in [3.8, 4) is 0 Å². The molecule has 2 aromatic carbocycles. The summed E-state index contributed by atoms with van der Waals surface area (Å²) in [5, 5.41) is 2.96. The van der Waals surface area contributed by atoms with Crippen molar-refractivity contribution in [1.82, 2.24) is 0 Å². The minimum absolute atomic E-state index is 0.0108. The van der Waals surface area contributed by atoms with Gasteiger partial charge in [0.15, 0.2) is 0 Å². The van der Waals surface area contributed by atoms with Crippen LogP contribution in [0.15, 0.2) is 42.5 Å². The van der Waals surface area contributed by atoms with Gasteiger partial charge in [-0.3, -0.25) is 0 Å². The number of hydrogen-bond acceptors (Lipinski definition) is 3. The van der Waals surface area contributed by atoms with Crippen LogP contribution in [-0.4, -0.2) is 32.2 Å². The SMILES string of the molecule is CCc1cc(NC(=O)c2cccc([NH][Sb]([CH3])[CH3])c2)ccc1C(=O)C(C)CC.